The van der Waals surface area contributed by atoms with Crippen molar-refractivity contribution in [2.24, 2.45) is 0 Å². The van der Waals surface area contributed by atoms with E-state index in [0.717, 1.165) is 11.1 Å². The molecule has 0 saturated carbocycles. The van der Waals surface area contributed by atoms with Gasteiger partial charge >= 0.3 is 0 Å². The third kappa shape index (κ3) is 2.72. The van der Waals surface area contributed by atoms with Crippen molar-refractivity contribution < 1.29 is 14.2 Å². The second-order valence-electron chi connectivity index (χ2n) is 4.66. The number of nitriles is 1. The Balaban J connectivity index is 1.96. The molecule has 2 heterocycles. The average molecular weight is 294 g/mol. The van der Waals surface area contributed by atoms with E-state index in [4.69, 9.17) is 19.5 Å². The number of pyridine rings is 1. The summed E-state index contributed by atoms with van der Waals surface area (Å²) in [5, 5.41) is 9.08. The molecule has 0 aliphatic carbocycles. The van der Waals surface area contributed by atoms with E-state index in [9.17, 15) is 0 Å². The molecule has 2 aromatic rings. The zero-order chi connectivity index (χ0) is 15.4. The van der Waals surface area contributed by atoms with Gasteiger partial charge in [0.25, 0.3) is 0 Å². The normalized spacial score (nSPS) is 12.9. The number of benzene rings is 1. The van der Waals surface area contributed by atoms with Gasteiger partial charge in [-0.25, -0.2) is 0 Å². The first-order valence-corrected chi connectivity index (χ1v) is 6.81. The standard InChI is InChI=1S/C17H14N2O3/c1-20-15-8-12(9-16-17(15)22-7-6-21-16)2-3-13-4-5-19-11-14(13)10-18/h2-5,8-9,11H,6-7H2,1H3. The predicted octanol–water partition coefficient (Wildman–Crippen LogP) is 2.90. The Morgan fingerprint density at radius 3 is 2.95 bits per heavy atom. The highest BCUT2D eigenvalue weighted by molar-refractivity contribution is 5.74. The van der Waals surface area contributed by atoms with Gasteiger partial charge in [-0.1, -0.05) is 12.2 Å². The number of methoxy groups -OCH3 is 1. The van der Waals surface area contributed by atoms with E-state index < -0.39 is 0 Å². The van der Waals surface area contributed by atoms with E-state index in [-0.39, 0.29) is 0 Å². The van der Waals surface area contributed by atoms with Crippen LogP contribution in [0.1, 0.15) is 16.7 Å². The molecule has 5 nitrogen and oxygen atoms in total. The maximum atomic E-state index is 9.08. The predicted molar refractivity (Wildman–Crippen MR) is 81.9 cm³/mol. The van der Waals surface area contributed by atoms with Crippen LogP contribution in [-0.4, -0.2) is 25.3 Å². The van der Waals surface area contributed by atoms with Gasteiger partial charge in [0.05, 0.1) is 12.7 Å². The monoisotopic (exact) mass is 294 g/mol. The van der Waals surface area contributed by atoms with E-state index in [1.807, 2.05) is 24.3 Å². The molecule has 1 aliphatic heterocycles. The summed E-state index contributed by atoms with van der Waals surface area (Å²) >= 11 is 0. The summed E-state index contributed by atoms with van der Waals surface area (Å²) in [5.41, 5.74) is 2.25. The summed E-state index contributed by atoms with van der Waals surface area (Å²) in [4.78, 5) is 3.94. The Bertz CT molecular complexity index is 746. The number of aromatic nitrogens is 1. The van der Waals surface area contributed by atoms with E-state index in [1.54, 1.807) is 25.6 Å². The highest BCUT2D eigenvalue weighted by Gasteiger charge is 2.17. The van der Waals surface area contributed by atoms with Gasteiger partial charge in [-0.3, -0.25) is 4.98 Å². The van der Waals surface area contributed by atoms with Crippen LogP contribution < -0.4 is 14.2 Å². The quantitative estimate of drug-likeness (QED) is 0.871. The lowest BCUT2D eigenvalue weighted by atomic mass is 10.1. The van der Waals surface area contributed by atoms with E-state index in [0.29, 0.717) is 36.0 Å². The molecular weight excluding hydrogens is 280 g/mol. The van der Waals surface area contributed by atoms with Gasteiger partial charge in [-0.05, 0) is 29.3 Å². The average Bonchev–Trinajstić information content (AvgIpc) is 2.59. The maximum absolute atomic E-state index is 9.08. The molecule has 0 N–H and O–H groups in total. The zero-order valence-corrected chi connectivity index (χ0v) is 12.1. The highest BCUT2D eigenvalue weighted by atomic mass is 16.6. The number of ether oxygens (including phenoxy) is 3. The number of fused-ring (bicyclic) bond motifs is 1. The van der Waals surface area contributed by atoms with Crippen molar-refractivity contribution in [1.29, 1.82) is 5.26 Å². The maximum Gasteiger partial charge on any atom is 0.203 e. The van der Waals surface area contributed by atoms with Crippen molar-refractivity contribution in [3.8, 4) is 23.3 Å². The smallest absolute Gasteiger partial charge is 0.203 e. The summed E-state index contributed by atoms with van der Waals surface area (Å²) in [5.74, 6) is 1.93. The third-order valence-corrected chi connectivity index (χ3v) is 3.28. The van der Waals surface area contributed by atoms with Crippen molar-refractivity contribution in [2.75, 3.05) is 20.3 Å². The Morgan fingerprint density at radius 1 is 1.27 bits per heavy atom. The minimum absolute atomic E-state index is 0.515. The van der Waals surface area contributed by atoms with Crippen molar-refractivity contribution in [2.45, 2.75) is 0 Å². The van der Waals surface area contributed by atoms with Crippen LogP contribution in [0.5, 0.6) is 17.2 Å². The second kappa shape index (κ2) is 6.19. The minimum atomic E-state index is 0.515. The van der Waals surface area contributed by atoms with Gasteiger partial charge in [-0.2, -0.15) is 5.26 Å². The van der Waals surface area contributed by atoms with E-state index in [2.05, 4.69) is 11.1 Å². The first kappa shape index (κ1) is 14.0. The number of hydrogen-bond acceptors (Lipinski definition) is 5. The molecule has 1 aliphatic rings. The molecule has 1 aromatic carbocycles. The summed E-state index contributed by atoms with van der Waals surface area (Å²) < 4.78 is 16.5. The molecule has 5 heteroatoms. The van der Waals surface area contributed by atoms with E-state index in [1.165, 1.54) is 0 Å². The molecule has 1 aromatic heterocycles. The molecule has 0 saturated heterocycles. The molecule has 22 heavy (non-hydrogen) atoms. The molecular formula is C17H14N2O3. The summed E-state index contributed by atoms with van der Waals surface area (Å²) in [7, 11) is 1.59. The van der Waals surface area contributed by atoms with Crippen LogP contribution in [0.25, 0.3) is 12.2 Å². The Labute approximate surface area is 128 Å². The Morgan fingerprint density at radius 2 is 2.14 bits per heavy atom. The fourth-order valence-corrected chi connectivity index (χ4v) is 2.22. The topological polar surface area (TPSA) is 64.4 Å². The zero-order valence-electron chi connectivity index (χ0n) is 12.1. The fraction of sp³-hybridized carbons (Fsp3) is 0.176. The lowest BCUT2D eigenvalue weighted by Gasteiger charge is -2.20. The summed E-state index contributed by atoms with van der Waals surface area (Å²) in [6.07, 6.45) is 6.97. The van der Waals surface area contributed by atoms with Crippen LogP contribution in [0.2, 0.25) is 0 Å². The van der Waals surface area contributed by atoms with Crippen LogP contribution in [-0.2, 0) is 0 Å². The van der Waals surface area contributed by atoms with Gasteiger partial charge in [-0.15, -0.1) is 0 Å². The largest absolute Gasteiger partial charge is 0.493 e. The number of hydrogen-bond donors (Lipinski definition) is 0. The van der Waals surface area contributed by atoms with Crippen LogP contribution in [0.3, 0.4) is 0 Å². The lowest BCUT2D eigenvalue weighted by Crippen LogP contribution is -2.16. The van der Waals surface area contributed by atoms with Gasteiger partial charge in [0.2, 0.25) is 5.75 Å². The Kier molecular flexibility index (Phi) is 3.92. The molecule has 3 rings (SSSR count). The SMILES string of the molecule is COc1cc(C=Cc2ccncc2C#N)cc2c1OCCO2. The van der Waals surface area contributed by atoms with Crippen LogP contribution in [0.15, 0.2) is 30.6 Å². The lowest BCUT2D eigenvalue weighted by molar-refractivity contribution is 0.165. The first-order valence-electron chi connectivity index (χ1n) is 6.81. The number of rotatable bonds is 3. The molecule has 110 valence electrons. The second-order valence-corrected chi connectivity index (χ2v) is 4.66. The van der Waals surface area contributed by atoms with Gasteiger partial charge < -0.3 is 14.2 Å². The minimum Gasteiger partial charge on any atom is -0.493 e. The van der Waals surface area contributed by atoms with Crippen LogP contribution in [0, 0.1) is 11.3 Å². The third-order valence-electron chi connectivity index (χ3n) is 3.28. The molecule has 0 amide bonds. The van der Waals surface area contributed by atoms with Gasteiger partial charge in [0.1, 0.15) is 19.3 Å². The van der Waals surface area contributed by atoms with Crippen molar-refractivity contribution in [1.82, 2.24) is 4.98 Å². The first-order chi connectivity index (χ1) is 10.8. The fourth-order valence-electron chi connectivity index (χ4n) is 2.22. The Hall–Kier alpha value is -3.00. The molecule has 0 atom stereocenters. The van der Waals surface area contributed by atoms with Crippen molar-refractivity contribution in [3.05, 3.63) is 47.3 Å². The van der Waals surface area contributed by atoms with E-state index >= 15 is 0 Å². The van der Waals surface area contributed by atoms with Gasteiger partial charge in [0.15, 0.2) is 11.5 Å². The molecule has 0 radical (unpaired) electrons. The summed E-state index contributed by atoms with van der Waals surface area (Å²) in [6.45, 7) is 1.04. The molecule has 0 unspecified atom stereocenters. The van der Waals surface area contributed by atoms with Crippen molar-refractivity contribution >= 4 is 12.2 Å². The van der Waals surface area contributed by atoms with Crippen LogP contribution in [0.4, 0.5) is 0 Å². The molecule has 0 bridgehead atoms. The number of nitrogens with zero attached hydrogens (tertiary/aromatic N) is 2. The molecule has 0 spiro atoms. The van der Waals surface area contributed by atoms with Crippen molar-refractivity contribution in [3.63, 3.8) is 0 Å². The molecule has 0 fully saturated rings. The summed E-state index contributed by atoms with van der Waals surface area (Å²) in [6, 6.07) is 7.68. The van der Waals surface area contributed by atoms with Gasteiger partial charge in [0, 0.05) is 12.4 Å². The highest BCUT2D eigenvalue weighted by Crippen LogP contribution is 2.40. The van der Waals surface area contributed by atoms with Crippen LogP contribution >= 0.6 is 0 Å².